The van der Waals surface area contributed by atoms with Crippen LogP contribution < -0.4 is 11.5 Å². The molecule has 4 N–H and O–H groups in total. The van der Waals surface area contributed by atoms with Crippen LogP contribution in [-0.2, 0) is 28.2 Å². The Kier molecular flexibility index (Phi) is 12.2. The second kappa shape index (κ2) is 13.5. The molecule has 0 bridgehead atoms. The van der Waals surface area contributed by atoms with Crippen LogP contribution in [0.4, 0.5) is 5.69 Å². The van der Waals surface area contributed by atoms with E-state index in [2.05, 4.69) is 0 Å². The van der Waals surface area contributed by atoms with E-state index >= 15 is 0 Å². The van der Waals surface area contributed by atoms with E-state index in [1.165, 1.54) is 16.4 Å². The highest BCUT2D eigenvalue weighted by atomic mass is 32.2. The molecule has 11 heteroatoms. The second-order valence-corrected chi connectivity index (χ2v) is 11.1. The van der Waals surface area contributed by atoms with Crippen LogP contribution in [0.15, 0.2) is 29.2 Å². The van der Waals surface area contributed by atoms with Gasteiger partial charge < -0.3 is 11.5 Å². The van der Waals surface area contributed by atoms with Crippen molar-refractivity contribution >= 4 is 23.5 Å². The van der Waals surface area contributed by atoms with Gasteiger partial charge in [0.1, 0.15) is 0 Å². The van der Waals surface area contributed by atoms with Gasteiger partial charge in [0.2, 0.25) is 10.0 Å². The topological polar surface area (TPSA) is 134 Å². The van der Waals surface area contributed by atoms with Gasteiger partial charge >= 0.3 is 7.82 Å². The molecule has 1 aromatic carbocycles. The Morgan fingerprint density at radius 1 is 1.03 bits per heavy atom. The van der Waals surface area contributed by atoms with Crippen molar-refractivity contribution in [2.75, 3.05) is 38.6 Å². The molecular weight excluding hydrogens is 441 g/mol. The fourth-order valence-corrected chi connectivity index (χ4v) is 6.03. The number of nitrogens with two attached hydrogens (primary N) is 2. The van der Waals surface area contributed by atoms with Gasteiger partial charge in [-0.15, -0.1) is 0 Å². The zero-order valence-electron chi connectivity index (χ0n) is 19.0. The molecule has 0 amide bonds. The summed E-state index contributed by atoms with van der Waals surface area (Å²) in [7, 11) is -7.63. The Balaban J connectivity index is 3.25. The van der Waals surface area contributed by atoms with Gasteiger partial charge in [-0.05, 0) is 63.4 Å². The number of phosphoric ester groups is 1. The molecule has 0 aromatic heterocycles. The third-order valence-corrected chi connectivity index (χ3v) is 7.98. The van der Waals surface area contributed by atoms with E-state index in [0.29, 0.717) is 25.1 Å². The number of sulfonamides is 1. The summed E-state index contributed by atoms with van der Waals surface area (Å²) in [6, 6.07) is 5.52. The minimum Gasteiger partial charge on any atom is -0.399 e. The number of rotatable bonds is 16. The molecule has 9 nitrogen and oxygen atoms in total. The fourth-order valence-electron chi connectivity index (χ4n) is 3.02. The Bertz CT molecular complexity index is 779. The molecule has 0 radical (unpaired) electrons. The monoisotopic (exact) mass is 479 g/mol. The normalized spacial score (nSPS) is 13.8. The Morgan fingerprint density at radius 3 is 2.10 bits per heavy atom. The standard InChI is InChI=1S/C20H38N3O6PS/c1-5-27-30(24,28-6-2)29-16-19(9-7-8-14-21)23(15-17(3)4)31(25,26)20-12-10-18(22)11-13-20/h10-13,17,19H,5-9,14-16,21-22H2,1-4H3/t19-/m0/s1. The maximum atomic E-state index is 13.5. The summed E-state index contributed by atoms with van der Waals surface area (Å²) in [5, 5.41) is 0. The zero-order valence-corrected chi connectivity index (χ0v) is 20.7. The maximum absolute atomic E-state index is 13.5. The number of nitrogens with zero attached hydrogens (tertiary/aromatic N) is 1. The molecule has 1 rings (SSSR count). The van der Waals surface area contributed by atoms with Crippen LogP contribution in [0.2, 0.25) is 0 Å². The largest absolute Gasteiger partial charge is 0.474 e. The summed E-state index contributed by atoms with van der Waals surface area (Å²) in [4.78, 5) is 0.143. The summed E-state index contributed by atoms with van der Waals surface area (Å²) in [5.41, 5.74) is 11.8. The minimum atomic E-state index is -3.85. The SMILES string of the molecule is CCOP(=O)(OCC)OC[C@H](CCCCN)N(CC(C)C)S(=O)(=O)c1ccc(N)cc1. The highest BCUT2D eigenvalue weighted by Crippen LogP contribution is 2.49. The molecule has 0 aliphatic rings. The number of nitrogen functional groups attached to an aromatic ring is 1. The van der Waals surface area contributed by atoms with Crippen LogP contribution in [0.1, 0.15) is 47.0 Å². The lowest BCUT2D eigenvalue weighted by Gasteiger charge is -2.33. The van der Waals surface area contributed by atoms with Crippen LogP contribution in [0.3, 0.4) is 0 Å². The van der Waals surface area contributed by atoms with Crippen LogP contribution >= 0.6 is 7.82 Å². The highest BCUT2D eigenvalue weighted by Gasteiger charge is 2.35. The first-order valence-electron chi connectivity index (χ1n) is 10.7. The zero-order chi connectivity index (χ0) is 23.5. The van der Waals surface area contributed by atoms with Crippen LogP contribution in [-0.4, -0.2) is 51.7 Å². The molecule has 180 valence electrons. The molecule has 0 unspecified atom stereocenters. The minimum absolute atomic E-state index is 0.0613. The summed E-state index contributed by atoms with van der Waals surface area (Å²) in [6.07, 6.45) is 1.93. The number of phosphoric acid groups is 1. The average molecular weight is 480 g/mol. The lowest BCUT2D eigenvalue weighted by atomic mass is 10.1. The number of hydrogen-bond donors (Lipinski definition) is 2. The number of benzene rings is 1. The molecule has 1 atom stereocenters. The lowest BCUT2D eigenvalue weighted by Crippen LogP contribution is -2.45. The quantitative estimate of drug-likeness (QED) is 0.209. The Hall–Kier alpha value is -1.00. The van der Waals surface area contributed by atoms with E-state index in [0.717, 1.165) is 6.42 Å². The fraction of sp³-hybridized carbons (Fsp3) is 0.700. The summed E-state index contributed by atoms with van der Waals surface area (Å²) in [5.74, 6) is 0.0613. The third-order valence-electron chi connectivity index (χ3n) is 4.43. The van der Waals surface area contributed by atoms with Crippen molar-refractivity contribution in [2.45, 2.75) is 57.9 Å². The van der Waals surface area contributed by atoms with Crippen molar-refractivity contribution in [3.05, 3.63) is 24.3 Å². The second-order valence-electron chi connectivity index (χ2n) is 7.55. The van der Waals surface area contributed by atoms with Crippen molar-refractivity contribution in [1.29, 1.82) is 0 Å². The van der Waals surface area contributed by atoms with Gasteiger partial charge in [0.15, 0.2) is 0 Å². The number of hydrogen-bond acceptors (Lipinski definition) is 8. The summed E-state index contributed by atoms with van der Waals surface area (Å²) >= 11 is 0. The summed E-state index contributed by atoms with van der Waals surface area (Å²) < 4.78 is 57.2. The summed E-state index contributed by atoms with van der Waals surface area (Å²) in [6.45, 7) is 8.19. The van der Waals surface area contributed by atoms with Crippen LogP contribution in [0, 0.1) is 5.92 Å². The smallest absolute Gasteiger partial charge is 0.399 e. The average Bonchev–Trinajstić information content (AvgIpc) is 2.69. The lowest BCUT2D eigenvalue weighted by molar-refractivity contribution is 0.0960. The van der Waals surface area contributed by atoms with E-state index in [4.69, 9.17) is 25.0 Å². The highest BCUT2D eigenvalue weighted by molar-refractivity contribution is 7.89. The van der Waals surface area contributed by atoms with Gasteiger partial charge in [-0.3, -0.25) is 13.6 Å². The molecule has 0 aliphatic heterocycles. The Morgan fingerprint density at radius 2 is 1.61 bits per heavy atom. The van der Waals surface area contributed by atoms with E-state index < -0.39 is 23.9 Å². The van der Waals surface area contributed by atoms with Crippen LogP contribution in [0.5, 0.6) is 0 Å². The van der Waals surface area contributed by atoms with E-state index in [-0.39, 0.29) is 37.2 Å². The van der Waals surface area contributed by atoms with Gasteiger partial charge in [-0.1, -0.05) is 20.3 Å². The van der Waals surface area contributed by atoms with E-state index in [1.807, 2.05) is 13.8 Å². The van der Waals surface area contributed by atoms with Gasteiger partial charge in [0.05, 0.1) is 24.7 Å². The molecule has 0 aliphatic carbocycles. The van der Waals surface area contributed by atoms with Gasteiger partial charge in [0.25, 0.3) is 0 Å². The molecule has 0 fully saturated rings. The first kappa shape index (κ1) is 28.0. The molecule has 0 heterocycles. The van der Waals surface area contributed by atoms with Crippen molar-refractivity contribution in [3.8, 4) is 0 Å². The van der Waals surface area contributed by atoms with Gasteiger partial charge in [0, 0.05) is 18.3 Å². The predicted molar refractivity (Wildman–Crippen MR) is 123 cm³/mol. The molecule has 0 saturated heterocycles. The molecule has 0 spiro atoms. The molecule has 31 heavy (non-hydrogen) atoms. The first-order valence-corrected chi connectivity index (χ1v) is 13.6. The maximum Gasteiger partial charge on any atom is 0.474 e. The van der Waals surface area contributed by atoms with E-state index in [1.54, 1.807) is 26.0 Å². The molecule has 0 saturated carbocycles. The Labute approximate surface area is 187 Å². The predicted octanol–water partition coefficient (Wildman–Crippen LogP) is 3.61. The van der Waals surface area contributed by atoms with Crippen molar-refractivity contribution in [1.82, 2.24) is 4.31 Å². The van der Waals surface area contributed by atoms with E-state index in [9.17, 15) is 13.0 Å². The van der Waals surface area contributed by atoms with Crippen molar-refractivity contribution in [3.63, 3.8) is 0 Å². The van der Waals surface area contributed by atoms with Crippen molar-refractivity contribution in [2.24, 2.45) is 11.7 Å². The van der Waals surface area contributed by atoms with Crippen molar-refractivity contribution < 1.29 is 26.6 Å². The third kappa shape index (κ3) is 9.18. The molecular formula is C20H38N3O6PS. The van der Waals surface area contributed by atoms with Gasteiger partial charge in [-0.2, -0.15) is 4.31 Å². The van der Waals surface area contributed by atoms with Gasteiger partial charge in [-0.25, -0.2) is 13.0 Å². The number of unbranched alkanes of at least 4 members (excludes halogenated alkanes) is 1. The molecule has 1 aromatic rings. The first-order chi connectivity index (χ1) is 14.6. The number of anilines is 1. The van der Waals surface area contributed by atoms with Crippen LogP contribution in [0.25, 0.3) is 0 Å².